The van der Waals surface area contributed by atoms with Crippen molar-refractivity contribution in [3.8, 4) is 0 Å². The van der Waals surface area contributed by atoms with Gasteiger partial charge in [0.15, 0.2) is 0 Å². The summed E-state index contributed by atoms with van der Waals surface area (Å²) >= 11 is 0. The van der Waals surface area contributed by atoms with E-state index in [1.807, 2.05) is 4.90 Å². The van der Waals surface area contributed by atoms with Gasteiger partial charge >= 0.3 is 6.03 Å². The minimum atomic E-state index is 0.150. The maximum Gasteiger partial charge on any atom is 0.317 e. The van der Waals surface area contributed by atoms with Gasteiger partial charge in [0.05, 0.1) is 19.3 Å². The van der Waals surface area contributed by atoms with Crippen LogP contribution in [0.5, 0.6) is 0 Å². The van der Waals surface area contributed by atoms with Crippen molar-refractivity contribution in [2.45, 2.75) is 51.6 Å². The van der Waals surface area contributed by atoms with Crippen LogP contribution >= 0.6 is 0 Å². The molecule has 0 unspecified atom stereocenters. The van der Waals surface area contributed by atoms with Crippen LogP contribution in [-0.2, 0) is 4.74 Å². The van der Waals surface area contributed by atoms with Gasteiger partial charge in [-0.1, -0.05) is 13.8 Å². The lowest BCUT2D eigenvalue weighted by Gasteiger charge is -2.42. The smallest absolute Gasteiger partial charge is 0.317 e. The van der Waals surface area contributed by atoms with Gasteiger partial charge in [0, 0.05) is 32.2 Å². The van der Waals surface area contributed by atoms with E-state index in [-0.39, 0.29) is 6.03 Å². The molecule has 2 aliphatic heterocycles. The summed E-state index contributed by atoms with van der Waals surface area (Å²) < 4.78 is 5.25. The number of urea groups is 1. The molecule has 3 aliphatic rings. The second kappa shape index (κ2) is 7.18. The van der Waals surface area contributed by atoms with Crippen molar-refractivity contribution in [1.29, 1.82) is 0 Å². The summed E-state index contributed by atoms with van der Waals surface area (Å²) in [6.07, 6.45) is 4.82. The van der Waals surface area contributed by atoms with Gasteiger partial charge in [-0.3, -0.25) is 4.90 Å². The molecule has 2 saturated heterocycles. The van der Waals surface area contributed by atoms with Gasteiger partial charge in [0.25, 0.3) is 0 Å². The molecule has 0 aromatic rings. The summed E-state index contributed by atoms with van der Waals surface area (Å²) in [5, 5.41) is 3.26. The lowest BCUT2D eigenvalue weighted by Crippen LogP contribution is -2.59. The van der Waals surface area contributed by atoms with Gasteiger partial charge in [-0.05, 0) is 37.5 Å². The number of amides is 2. The summed E-state index contributed by atoms with van der Waals surface area (Å²) in [4.78, 5) is 16.9. The first kappa shape index (κ1) is 16.1. The van der Waals surface area contributed by atoms with E-state index in [1.165, 1.54) is 12.8 Å². The number of piperazine rings is 1. The van der Waals surface area contributed by atoms with Crippen LogP contribution in [0.2, 0.25) is 0 Å². The van der Waals surface area contributed by atoms with Crippen LogP contribution < -0.4 is 5.32 Å². The van der Waals surface area contributed by atoms with Crippen LogP contribution in [0.3, 0.4) is 0 Å². The number of carbonyl (C=O) groups is 1. The number of carbonyl (C=O) groups excluding carboxylic acids is 1. The van der Waals surface area contributed by atoms with Gasteiger partial charge in [-0.2, -0.15) is 0 Å². The van der Waals surface area contributed by atoms with Crippen molar-refractivity contribution < 1.29 is 9.53 Å². The monoisotopic (exact) mass is 309 g/mol. The van der Waals surface area contributed by atoms with Crippen LogP contribution in [0.4, 0.5) is 4.79 Å². The first-order valence-corrected chi connectivity index (χ1v) is 9.00. The molecule has 3 rings (SSSR count). The molecule has 0 atom stereocenters. The van der Waals surface area contributed by atoms with Crippen molar-refractivity contribution in [2.75, 3.05) is 39.4 Å². The second-order valence-electron chi connectivity index (χ2n) is 7.52. The topological polar surface area (TPSA) is 44.8 Å². The van der Waals surface area contributed by atoms with Crippen LogP contribution in [0, 0.1) is 11.8 Å². The number of nitrogens with one attached hydrogen (secondary N) is 1. The molecule has 0 aromatic heterocycles. The highest BCUT2D eigenvalue weighted by atomic mass is 16.5. The third-order valence-electron chi connectivity index (χ3n) is 5.78. The van der Waals surface area contributed by atoms with Gasteiger partial charge in [-0.25, -0.2) is 4.79 Å². The van der Waals surface area contributed by atoms with E-state index < -0.39 is 0 Å². The SMILES string of the molecule is CC(C)C1CCC(NC(=O)N2CCN(C3COC3)CC2)CC1. The molecule has 1 saturated carbocycles. The number of rotatable bonds is 3. The van der Waals surface area contributed by atoms with Crippen molar-refractivity contribution in [1.82, 2.24) is 15.1 Å². The normalized spacial score (nSPS) is 31.1. The fraction of sp³-hybridized carbons (Fsp3) is 0.941. The molecule has 0 spiro atoms. The number of ether oxygens (including phenoxy) is 1. The van der Waals surface area contributed by atoms with Gasteiger partial charge in [0.1, 0.15) is 0 Å². The maximum absolute atomic E-state index is 12.4. The van der Waals surface area contributed by atoms with E-state index in [4.69, 9.17) is 4.74 Å². The van der Waals surface area contributed by atoms with E-state index >= 15 is 0 Å². The number of hydrogen-bond acceptors (Lipinski definition) is 3. The lowest BCUT2D eigenvalue weighted by atomic mass is 9.80. The van der Waals surface area contributed by atoms with Crippen LogP contribution in [0.25, 0.3) is 0 Å². The Morgan fingerprint density at radius 1 is 1.05 bits per heavy atom. The van der Waals surface area contributed by atoms with Crippen molar-refractivity contribution in [3.05, 3.63) is 0 Å². The zero-order chi connectivity index (χ0) is 15.5. The Bertz CT molecular complexity index is 368. The lowest BCUT2D eigenvalue weighted by molar-refractivity contribution is -0.0740. The summed E-state index contributed by atoms with van der Waals surface area (Å²) in [7, 11) is 0. The molecule has 0 aromatic carbocycles. The molecule has 126 valence electrons. The Kier molecular flexibility index (Phi) is 5.24. The van der Waals surface area contributed by atoms with Crippen molar-refractivity contribution in [2.24, 2.45) is 11.8 Å². The first-order chi connectivity index (χ1) is 10.6. The van der Waals surface area contributed by atoms with E-state index in [2.05, 4.69) is 24.1 Å². The molecule has 0 radical (unpaired) electrons. The molecule has 5 nitrogen and oxygen atoms in total. The van der Waals surface area contributed by atoms with Crippen molar-refractivity contribution in [3.63, 3.8) is 0 Å². The third-order valence-corrected chi connectivity index (χ3v) is 5.78. The predicted octanol–water partition coefficient (Wildman–Crippen LogP) is 1.93. The Labute approximate surface area is 134 Å². The summed E-state index contributed by atoms with van der Waals surface area (Å²) in [5.74, 6) is 1.63. The fourth-order valence-electron chi connectivity index (χ4n) is 3.92. The minimum Gasteiger partial charge on any atom is -0.378 e. The van der Waals surface area contributed by atoms with Crippen LogP contribution in [0.15, 0.2) is 0 Å². The molecule has 22 heavy (non-hydrogen) atoms. The van der Waals surface area contributed by atoms with Gasteiger partial charge < -0.3 is 15.0 Å². The molecule has 3 fully saturated rings. The summed E-state index contributed by atoms with van der Waals surface area (Å²) in [6, 6.07) is 1.13. The highest BCUT2D eigenvalue weighted by Gasteiger charge is 2.31. The quantitative estimate of drug-likeness (QED) is 0.866. The Balaban J connectivity index is 1.38. The molecule has 1 N–H and O–H groups in total. The zero-order valence-electron chi connectivity index (χ0n) is 14.1. The molecule has 1 aliphatic carbocycles. The zero-order valence-corrected chi connectivity index (χ0v) is 14.1. The molecular weight excluding hydrogens is 278 g/mol. The van der Waals surface area contributed by atoms with E-state index in [1.54, 1.807) is 0 Å². The molecule has 2 amide bonds. The average molecular weight is 309 g/mol. The summed E-state index contributed by atoms with van der Waals surface area (Å²) in [6.45, 7) is 10.0. The Hall–Kier alpha value is -0.810. The number of hydrogen-bond donors (Lipinski definition) is 1. The van der Waals surface area contributed by atoms with Crippen LogP contribution in [-0.4, -0.2) is 67.3 Å². The Morgan fingerprint density at radius 3 is 2.18 bits per heavy atom. The maximum atomic E-state index is 12.4. The molecule has 5 heteroatoms. The molecule has 0 bridgehead atoms. The highest BCUT2D eigenvalue weighted by molar-refractivity contribution is 5.74. The first-order valence-electron chi connectivity index (χ1n) is 9.00. The predicted molar refractivity (Wildman–Crippen MR) is 86.9 cm³/mol. The average Bonchev–Trinajstić information content (AvgIpc) is 2.46. The number of nitrogens with zero attached hydrogens (tertiary/aromatic N) is 2. The Morgan fingerprint density at radius 2 is 1.68 bits per heavy atom. The molecule has 2 heterocycles. The van der Waals surface area contributed by atoms with Crippen molar-refractivity contribution >= 4 is 6.03 Å². The van der Waals surface area contributed by atoms with E-state index in [9.17, 15) is 4.79 Å². The third kappa shape index (κ3) is 3.74. The fourth-order valence-corrected chi connectivity index (χ4v) is 3.92. The van der Waals surface area contributed by atoms with Crippen LogP contribution in [0.1, 0.15) is 39.5 Å². The summed E-state index contributed by atoms with van der Waals surface area (Å²) in [5.41, 5.74) is 0. The largest absolute Gasteiger partial charge is 0.378 e. The molecular formula is C17H31N3O2. The van der Waals surface area contributed by atoms with Gasteiger partial charge in [-0.15, -0.1) is 0 Å². The standard InChI is InChI=1S/C17H31N3O2/c1-13(2)14-3-5-15(6-4-14)18-17(21)20-9-7-19(8-10-20)16-11-22-12-16/h13-16H,3-12H2,1-2H3,(H,18,21). The van der Waals surface area contributed by atoms with E-state index in [0.717, 1.165) is 64.1 Å². The van der Waals surface area contributed by atoms with E-state index in [0.29, 0.717) is 12.1 Å². The second-order valence-corrected chi connectivity index (χ2v) is 7.52. The minimum absolute atomic E-state index is 0.150. The highest BCUT2D eigenvalue weighted by Crippen LogP contribution is 2.29. The van der Waals surface area contributed by atoms with Gasteiger partial charge in [0.2, 0.25) is 0 Å².